The number of urea groups is 1. The zero-order valence-electron chi connectivity index (χ0n) is 21.6. The molecule has 0 saturated heterocycles. The summed E-state index contributed by atoms with van der Waals surface area (Å²) in [5.74, 6) is 0.496. The van der Waals surface area contributed by atoms with Gasteiger partial charge in [0.2, 0.25) is 5.82 Å². The summed E-state index contributed by atoms with van der Waals surface area (Å²) in [6.07, 6.45) is 2.01. The molecule has 3 N–H and O–H groups in total. The van der Waals surface area contributed by atoms with Crippen molar-refractivity contribution >= 4 is 23.6 Å². The molecule has 2 aromatic rings. The topological polar surface area (TPSA) is 114 Å². The van der Waals surface area contributed by atoms with Crippen LogP contribution in [-0.2, 0) is 16.8 Å². The van der Waals surface area contributed by atoms with Crippen LogP contribution in [0.2, 0.25) is 0 Å². The van der Waals surface area contributed by atoms with Gasteiger partial charge < -0.3 is 19.9 Å². The molecule has 4 rings (SSSR count). The van der Waals surface area contributed by atoms with Crippen molar-refractivity contribution in [1.82, 2.24) is 14.9 Å². The predicted molar refractivity (Wildman–Crippen MR) is 134 cm³/mol. The first kappa shape index (κ1) is 27.0. The largest absolute Gasteiger partial charge is 0.444 e. The number of hydrogen-bond acceptors (Lipinski definition) is 5. The van der Waals surface area contributed by atoms with E-state index in [2.05, 4.69) is 32.8 Å². The van der Waals surface area contributed by atoms with Crippen molar-refractivity contribution in [2.45, 2.75) is 71.1 Å². The molecule has 0 spiro atoms. The summed E-state index contributed by atoms with van der Waals surface area (Å²) < 4.78 is 51.5. The maximum atomic E-state index is 15.4. The molecule has 2 aliphatic rings. The molecule has 1 atom stereocenters. The minimum absolute atomic E-state index is 0.0427. The minimum Gasteiger partial charge on any atom is -0.444 e. The molecule has 0 unspecified atom stereocenters. The van der Waals surface area contributed by atoms with E-state index in [1.54, 1.807) is 27.7 Å². The predicted octanol–water partition coefficient (Wildman–Crippen LogP) is 4.49. The van der Waals surface area contributed by atoms with Crippen molar-refractivity contribution in [3.8, 4) is 11.8 Å². The summed E-state index contributed by atoms with van der Waals surface area (Å²) in [7, 11) is 0. The molecule has 1 aliphatic carbocycles. The van der Waals surface area contributed by atoms with Gasteiger partial charge in [-0.3, -0.25) is 10.1 Å². The lowest BCUT2D eigenvalue weighted by molar-refractivity contribution is -0.0465. The monoisotopic (exact) mass is 531 g/mol. The highest BCUT2D eigenvalue weighted by atomic mass is 19.3. The first-order chi connectivity index (χ1) is 17.6. The second kappa shape index (κ2) is 9.38. The molecule has 2 heterocycles. The van der Waals surface area contributed by atoms with Gasteiger partial charge in [-0.2, -0.15) is 0 Å². The van der Waals surface area contributed by atoms with E-state index in [4.69, 9.17) is 4.74 Å². The molecule has 3 amide bonds. The fraction of sp³-hybridized carbons (Fsp3) is 0.462. The summed E-state index contributed by atoms with van der Waals surface area (Å²) in [5, 5.41) is 6.94. The van der Waals surface area contributed by atoms with Crippen LogP contribution in [0.15, 0.2) is 23.1 Å². The van der Waals surface area contributed by atoms with E-state index in [1.807, 2.05) is 0 Å². The van der Waals surface area contributed by atoms with Gasteiger partial charge in [0.05, 0.1) is 12.2 Å². The van der Waals surface area contributed by atoms with Crippen LogP contribution >= 0.6 is 0 Å². The minimum atomic E-state index is -3.54. The maximum absolute atomic E-state index is 15.4. The summed E-state index contributed by atoms with van der Waals surface area (Å²) in [6, 6.07) is 1.18. The van der Waals surface area contributed by atoms with Gasteiger partial charge in [0, 0.05) is 35.9 Å². The Morgan fingerprint density at radius 3 is 2.55 bits per heavy atom. The lowest BCUT2D eigenvalue weighted by atomic mass is 9.81. The van der Waals surface area contributed by atoms with Crippen molar-refractivity contribution in [3.05, 3.63) is 51.3 Å². The van der Waals surface area contributed by atoms with E-state index in [9.17, 15) is 23.2 Å². The summed E-state index contributed by atoms with van der Waals surface area (Å²) in [5.41, 5.74) is -3.98. The van der Waals surface area contributed by atoms with Crippen LogP contribution in [0.3, 0.4) is 0 Å². The second-order valence-electron chi connectivity index (χ2n) is 10.5. The zero-order chi connectivity index (χ0) is 28.0. The Morgan fingerprint density at radius 1 is 1.26 bits per heavy atom. The molecular weight excluding hydrogens is 503 g/mol. The maximum Gasteiger partial charge on any atom is 0.413 e. The quantitative estimate of drug-likeness (QED) is 0.504. The molecule has 1 aromatic carbocycles. The van der Waals surface area contributed by atoms with Crippen molar-refractivity contribution in [2.24, 2.45) is 5.92 Å². The molecule has 1 fully saturated rings. The Bertz CT molecular complexity index is 1430. The van der Waals surface area contributed by atoms with Gasteiger partial charge in [-0.25, -0.2) is 27.7 Å². The number of nitrogens with one attached hydrogen (secondary N) is 3. The first-order valence-electron chi connectivity index (χ1n) is 12.0. The zero-order valence-corrected chi connectivity index (χ0v) is 21.6. The van der Waals surface area contributed by atoms with Gasteiger partial charge in [-0.15, -0.1) is 0 Å². The van der Waals surface area contributed by atoms with Crippen LogP contribution < -0.4 is 21.5 Å². The van der Waals surface area contributed by atoms with Crippen molar-refractivity contribution in [1.29, 1.82) is 0 Å². The number of carbonyl (C=O) groups excluding carboxylic acids is 2. The van der Waals surface area contributed by atoms with E-state index < -0.39 is 40.6 Å². The number of aryl methyl sites for hydroxylation is 1. The molecule has 9 nitrogen and oxygen atoms in total. The number of nitrogens with zero attached hydrogens (tertiary/aromatic N) is 2. The van der Waals surface area contributed by atoms with Gasteiger partial charge in [0.1, 0.15) is 11.4 Å². The van der Waals surface area contributed by atoms with Crippen molar-refractivity contribution < 1.29 is 27.5 Å². The van der Waals surface area contributed by atoms with Crippen LogP contribution in [0.25, 0.3) is 0 Å². The fourth-order valence-corrected chi connectivity index (χ4v) is 3.99. The van der Waals surface area contributed by atoms with E-state index >= 15 is 4.39 Å². The highest BCUT2D eigenvalue weighted by Gasteiger charge is 2.55. The van der Waals surface area contributed by atoms with Crippen molar-refractivity contribution in [2.75, 3.05) is 10.6 Å². The molecule has 0 radical (unpaired) electrons. The summed E-state index contributed by atoms with van der Waals surface area (Å²) >= 11 is 0. The van der Waals surface area contributed by atoms with Gasteiger partial charge >= 0.3 is 12.1 Å². The average molecular weight is 532 g/mol. The lowest BCUT2D eigenvalue weighted by Crippen LogP contribution is -2.59. The highest BCUT2D eigenvalue weighted by molar-refractivity contribution is 5.95. The molecule has 38 heavy (non-hydrogen) atoms. The number of alkyl halides is 2. The smallest absolute Gasteiger partial charge is 0.413 e. The number of carbonyl (C=O) groups is 2. The molecule has 1 aliphatic heterocycles. The number of rotatable bonds is 4. The summed E-state index contributed by atoms with van der Waals surface area (Å²) in [4.78, 5) is 41.6. The molecule has 202 valence electrons. The average Bonchev–Trinajstić information content (AvgIpc) is 3.58. The van der Waals surface area contributed by atoms with Crippen LogP contribution in [0.4, 0.5) is 34.3 Å². The Labute approximate surface area is 217 Å². The van der Waals surface area contributed by atoms with Crippen molar-refractivity contribution in [3.63, 3.8) is 0 Å². The third-order valence-corrected chi connectivity index (χ3v) is 5.89. The van der Waals surface area contributed by atoms with Crippen LogP contribution in [0.1, 0.15) is 57.4 Å². The summed E-state index contributed by atoms with van der Waals surface area (Å²) in [6.45, 7) is 6.82. The number of ether oxygens (including phenoxy) is 1. The second-order valence-corrected chi connectivity index (χ2v) is 10.5. The van der Waals surface area contributed by atoms with Crippen LogP contribution in [0, 0.1) is 30.5 Å². The van der Waals surface area contributed by atoms with Gasteiger partial charge in [-0.05, 0) is 52.7 Å². The number of hydrogen-bond donors (Lipinski definition) is 3. The van der Waals surface area contributed by atoms with Crippen LogP contribution in [-0.4, -0.2) is 33.2 Å². The Balaban J connectivity index is 1.73. The first-order valence-corrected chi connectivity index (χ1v) is 12.0. The molecule has 0 bridgehead atoms. The van der Waals surface area contributed by atoms with Crippen LogP contribution in [0.5, 0.6) is 0 Å². The standard InChI is InChI=1S/C26H28F3N5O4/c1-14-12-34(21(35)20(30-14)32-23(37)38-24(2,3)4)13-16-10-19-17(11-18(16)27)26(25(5,28)29,33-22(36)31-19)9-8-15-6-7-15/h10-12,15H,6-7,13H2,1-5H3,(H,30,32,37)(H2,31,33,36)/t26-/m0/s1. The molecule has 12 heteroatoms. The fourth-order valence-electron chi connectivity index (χ4n) is 3.99. The third kappa shape index (κ3) is 5.61. The Kier molecular flexibility index (Phi) is 6.67. The van der Waals surface area contributed by atoms with E-state index in [0.29, 0.717) is 12.6 Å². The number of halogens is 3. The highest BCUT2D eigenvalue weighted by Crippen LogP contribution is 2.44. The molecule has 1 aromatic heterocycles. The molecular formula is C26H28F3N5O4. The number of aromatic nitrogens is 2. The Hall–Kier alpha value is -4.01. The third-order valence-electron chi connectivity index (χ3n) is 5.89. The number of fused-ring (bicyclic) bond motifs is 1. The number of amides is 3. The molecule has 1 saturated carbocycles. The van der Waals surface area contributed by atoms with Gasteiger partial charge in [0.15, 0.2) is 5.54 Å². The van der Waals surface area contributed by atoms with Gasteiger partial charge in [0.25, 0.3) is 11.5 Å². The van der Waals surface area contributed by atoms with E-state index in [1.165, 1.54) is 12.3 Å². The normalized spacial score (nSPS) is 18.9. The van der Waals surface area contributed by atoms with Gasteiger partial charge in [-0.1, -0.05) is 11.8 Å². The Morgan fingerprint density at radius 2 is 1.95 bits per heavy atom. The van der Waals surface area contributed by atoms with E-state index in [0.717, 1.165) is 23.5 Å². The lowest BCUT2D eigenvalue weighted by Gasteiger charge is -2.40. The van der Waals surface area contributed by atoms with E-state index in [-0.39, 0.29) is 35.1 Å². The number of benzene rings is 1. The SMILES string of the molecule is Cc1cn(Cc2cc3c(cc2F)[C@@](C#CC2CC2)(C(C)(F)F)NC(=O)N3)c(=O)c(NC(=O)OC(C)(C)C)n1. The number of anilines is 2.